The Morgan fingerprint density at radius 2 is 1.38 bits per heavy atom. The molecule has 1 saturated heterocycles. The number of hydrogen-bond acceptors (Lipinski definition) is 7. The summed E-state index contributed by atoms with van der Waals surface area (Å²) in [6.45, 7) is 7.55. The Bertz CT molecular complexity index is 1410. The van der Waals surface area contributed by atoms with Gasteiger partial charge in [0.25, 0.3) is 0 Å². The molecule has 9 heteroatoms. The molecule has 0 radical (unpaired) electrons. The van der Waals surface area contributed by atoms with Crippen LogP contribution in [0.15, 0.2) is 90.0 Å². The average molecular weight is 543 g/mol. The monoisotopic (exact) mass is 542 g/mol. The molecule has 4 aromatic rings. The van der Waals surface area contributed by atoms with E-state index in [1.165, 1.54) is 4.68 Å². The lowest BCUT2D eigenvalue weighted by atomic mass is 10.0. The van der Waals surface area contributed by atoms with Crippen molar-refractivity contribution in [3.05, 3.63) is 101 Å². The van der Waals surface area contributed by atoms with Crippen LogP contribution in [-0.4, -0.2) is 69.4 Å². The minimum Gasteiger partial charge on any atom is -0.508 e. The Labute approximate surface area is 234 Å². The van der Waals surface area contributed by atoms with Gasteiger partial charge >= 0.3 is 5.69 Å². The summed E-state index contributed by atoms with van der Waals surface area (Å²) in [5.74, 6) is 0.280. The van der Waals surface area contributed by atoms with Crippen LogP contribution in [0.3, 0.4) is 0 Å². The fourth-order valence-electron chi connectivity index (χ4n) is 5.28. The van der Waals surface area contributed by atoms with Gasteiger partial charge in [0.1, 0.15) is 12.1 Å². The zero-order valence-corrected chi connectivity index (χ0v) is 23.1. The predicted octanol–water partition coefficient (Wildman–Crippen LogP) is 3.21. The standard InChI is InChI=1S/C31H38N6O3/c1-23(33-26(21-38)20-25-6-4-3-5-7-25)24(2)37-31(40)36(22-32-37)29-10-8-27(9-11-29)34-16-18-35(19-17-34)28-12-14-30(39)15-13-28/h3-15,22-24,26,33,38-39H,16-21H2,1-2H3. The van der Waals surface area contributed by atoms with Gasteiger partial charge in [-0.15, -0.1) is 0 Å². The third-order valence-electron chi connectivity index (χ3n) is 7.83. The predicted molar refractivity (Wildman–Crippen MR) is 159 cm³/mol. The highest BCUT2D eigenvalue weighted by Gasteiger charge is 2.22. The molecule has 0 amide bonds. The van der Waals surface area contributed by atoms with Gasteiger partial charge in [0.15, 0.2) is 0 Å². The smallest absolute Gasteiger partial charge is 0.350 e. The van der Waals surface area contributed by atoms with Crippen LogP contribution in [0.1, 0.15) is 25.5 Å². The summed E-state index contributed by atoms with van der Waals surface area (Å²) in [5, 5.41) is 27.4. The van der Waals surface area contributed by atoms with Crippen LogP contribution in [-0.2, 0) is 6.42 Å². The number of aromatic nitrogens is 3. The maximum Gasteiger partial charge on any atom is 0.350 e. The Balaban J connectivity index is 1.20. The second-order valence-corrected chi connectivity index (χ2v) is 10.5. The van der Waals surface area contributed by atoms with Gasteiger partial charge in [0.2, 0.25) is 0 Å². The van der Waals surface area contributed by atoms with E-state index < -0.39 is 0 Å². The van der Waals surface area contributed by atoms with Crippen LogP contribution >= 0.6 is 0 Å². The minimum absolute atomic E-state index is 0.00744. The lowest BCUT2D eigenvalue weighted by Crippen LogP contribution is -2.46. The fourth-order valence-corrected chi connectivity index (χ4v) is 5.28. The number of nitrogens with one attached hydrogen (secondary N) is 1. The van der Waals surface area contributed by atoms with Crippen molar-refractivity contribution in [3.8, 4) is 11.4 Å². The maximum atomic E-state index is 13.3. The number of rotatable bonds is 10. The number of piperazine rings is 1. The normalized spacial score (nSPS) is 16.1. The van der Waals surface area contributed by atoms with E-state index >= 15 is 0 Å². The van der Waals surface area contributed by atoms with Crippen LogP contribution in [0.25, 0.3) is 5.69 Å². The zero-order valence-electron chi connectivity index (χ0n) is 23.1. The molecule has 1 aliphatic heterocycles. The molecule has 5 rings (SSSR count). The number of aliphatic hydroxyl groups excluding tert-OH is 1. The van der Waals surface area contributed by atoms with Crippen LogP contribution in [0.4, 0.5) is 11.4 Å². The lowest BCUT2D eigenvalue weighted by Gasteiger charge is -2.37. The molecule has 210 valence electrons. The quantitative estimate of drug-likeness (QED) is 0.283. The van der Waals surface area contributed by atoms with E-state index in [9.17, 15) is 15.0 Å². The van der Waals surface area contributed by atoms with Gasteiger partial charge in [0.05, 0.1) is 18.3 Å². The molecule has 3 atom stereocenters. The molecule has 1 fully saturated rings. The largest absolute Gasteiger partial charge is 0.508 e. The van der Waals surface area contributed by atoms with E-state index in [-0.39, 0.29) is 36.2 Å². The van der Waals surface area contributed by atoms with Gasteiger partial charge in [-0.05, 0) is 74.4 Å². The van der Waals surface area contributed by atoms with Crippen LogP contribution < -0.4 is 20.8 Å². The topological polar surface area (TPSA) is 98.8 Å². The number of aliphatic hydroxyl groups is 1. The minimum atomic E-state index is -0.206. The van der Waals surface area contributed by atoms with Crippen molar-refractivity contribution in [1.29, 1.82) is 0 Å². The Kier molecular flexibility index (Phi) is 8.52. The molecule has 3 unspecified atom stereocenters. The first-order chi connectivity index (χ1) is 19.4. The van der Waals surface area contributed by atoms with Crippen molar-refractivity contribution in [3.63, 3.8) is 0 Å². The van der Waals surface area contributed by atoms with Crippen LogP contribution in [0.2, 0.25) is 0 Å². The number of anilines is 2. The summed E-state index contributed by atoms with van der Waals surface area (Å²) in [6.07, 6.45) is 2.28. The van der Waals surface area contributed by atoms with Gasteiger partial charge in [-0.25, -0.2) is 14.0 Å². The maximum absolute atomic E-state index is 13.3. The van der Waals surface area contributed by atoms with Gasteiger partial charge in [-0.3, -0.25) is 0 Å². The molecule has 3 aromatic carbocycles. The van der Waals surface area contributed by atoms with Crippen molar-refractivity contribution in [2.45, 2.75) is 38.4 Å². The van der Waals surface area contributed by atoms with Crippen molar-refractivity contribution in [2.75, 3.05) is 42.6 Å². The Morgan fingerprint density at radius 1 is 0.825 bits per heavy atom. The number of phenols is 1. The first-order valence-corrected chi connectivity index (χ1v) is 13.9. The highest BCUT2D eigenvalue weighted by molar-refractivity contribution is 5.54. The first-order valence-electron chi connectivity index (χ1n) is 13.9. The van der Waals surface area contributed by atoms with Crippen molar-refractivity contribution in [1.82, 2.24) is 19.7 Å². The number of hydrogen-bond donors (Lipinski definition) is 3. The number of benzene rings is 3. The summed E-state index contributed by atoms with van der Waals surface area (Å²) in [4.78, 5) is 18.0. The average Bonchev–Trinajstić information content (AvgIpc) is 3.38. The van der Waals surface area contributed by atoms with E-state index in [1.54, 1.807) is 23.0 Å². The van der Waals surface area contributed by atoms with Crippen LogP contribution in [0.5, 0.6) is 5.75 Å². The van der Waals surface area contributed by atoms with Gasteiger partial charge in [-0.2, -0.15) is 5.10 Å². The molecule has 9 nitrogen and oxygen atoms in total. The van der Waals surface area contributed by atoms with Crippen molar-refractivity contribution in [2.24, 2.45) is 0 Å². The molecular weight excluding hydrogens is 504 g/mol. The van der Waals surface area contributed by atoms with E-state index in [2.05, 4.69) is 32.3 Å². The Morgan fingerprint density at radius 3 is 1.95 bits per heavy atom. The summed E-state index contributed by atoms with van der Waals surface area (Å²) in [7, 11) is 0. The molecule has 0 aliphatic carbocycles. The van der Waals surface area contributed by atoms with Gasteiger partial charge in [0, 0.05) is 49.6 Å². The molecule has 40 heavy (non-hydrogen) atoms. The fraction of sp³-hybridized carbons (Fsp3) is 0.355. The van der Waals surface area contributed by atoms with Gasteiger partial charge in [-0.1, -0.05) is 30.3 Å². The lowest BCUT2D eigenvalue weighted by molar-refractivity contribution is 0.217. The molecule has 0 spiro atoms. The second-order valence-electron chi connectivity index (χ2n) is 10.5. The summed E-state index contributed by atoms with van der Waals surface area (Å²) >= 11 is 0. The molecule has 2 heterocycles. The SMILES string of the molecule is CC(NC(CO)Cc1ccccc1)C(C)n1ncn(-c2ccc(N3CCN(c4ccc(O)cc4)CC3)cc2)c1=O. The van der Waals surface area contributed by atoms with Crippen LogP contribution in [0, 0.1) is 0 Å². The molecule has 0 saturated carbocycles. The van der Waals surface area contributed by atoms with Gasteiger partial charge < -0.3 is 25.3 Å². The zero-order chi connectivity index (χ0) is 28.1. The van der Waals surface area contributed by atoms with Crippen molar-refractivity contribution >= 4 is 11.4 Å². The Hall–Kier alpha value is -4.08. The summed E-state index contributed by atoms with van der Waals surface area (Å²) in [5.41, 5.74) is 3.96. The molecule has 1 aromatic heterocycles. The van der Waals surface area contributed by atoms with E-state index in [0.29, 0.717) is 6.42 Å². The van der Waals surface area contributed by atoms with Crippen molar-refractivity contribution < 1.29 is 10.2 Å². The summed E-state index contributed by atoms with van der Waals surface area (Å²) in [6, 6.07) is 25.0. The van der Waals surface area contributed by atoms with E-state index in [1.807, 2.05) is 68.4 Å². The highest BCUT2D eigenvalue weighted by Crippen LogP contribution is 2.23. The molecular formula is C31H38N6O3. The molecule has 3 N–H and O–H groups in total. The third kappa shape index (κ3) is 6.21. The highest BCUT2D eigenvalue weighted by atomic mass is 16.3. The van der Waals surface area contributed by atoms with E-state index in [0.717, 1.165) is 48.8 Å². The number of aromatic hydroxyl groups is 1. The second kappa shape index (κ2) is 12.4. The number of nitrogens with zero attached hydrogens (tertiary/aromatic N) is 5. The first kappa shape index (κ1) is 27.5. The third-order valence-corrected chi connectivity index (χ3v) is 7.83. The molecule has 0 bridgehead atoms. The van der Waals surface area contributed by atoms with E-state index in [4.69, 9.17) is 0 Å². The number of phenolic OH excluding ortho intramolecular Hbond substituents is 1. The molecule has 1 aliphatic rings. The summed E-state index contributed by atoms with van der Waals surface area (Å²) < 4.78 is 3.08.